The maximum atomic E-state index is 12.7. The Labute approximate surface area is 117 Å². The van der Waals surface area contributed by atoms with E-state index >= 15 is 0 Å². The van der Waals surface area contributed by atoms with Gasteiger partial charge in [-0.25, -0.2) is 0 Å². The van der Waals surface area contributed by atoms with E-state index in [2.05, 4.69) is 0 Å². The molecule has 20 heavy (non-hydrogen) atoms. The third-order valence-electron chi connectivity index (χ3n) is 4.64. The summed E-state index contributed by atoms with van der Waals surface area (Å²) in [5.41, 5.74) is -0.302. The molecule has 4 nitrogen and oxygen atoms in total. The lowest BCUT2D eigenvalue weighted by Crippen LogP contribution is -2.43. The highest BCUT2D eigenvalue weighted by Gasteiger charge is 2.59. The van der Waals surface area contributed by atoms with E-state index in [1.807, 2.05) is 24.3 Å². The van der Waals surface area contributed by atoms with Crippen molar-refractivity contribution in [2.24, 2.45) is 0 Å². The summed E-state index contributed by atoms with van der Waals surface area (Å²) in [5.74, 6) is -0.0306. The topological polar surface area (TPSA) is 46.6 Å². The SMILES string of the molecule is CN1C(=O)[C@]2(C=C[C@@]3(CCCC3=O)O2)c2ccccc21. The molecule has 1 fully saturated rings. The van der Waals surface area contributed by atoms with Crippen LogP contribution in [0.25, 0.3) is 0 Å². The van der Waals surface area contributed by atoms with Crippen molar-refractivity contribution in [1.82, 2.24) is 0 Å². The van der Waals surface area contributed by atoms with Crippen LogP contribution in [-0.4, -0.2) is 24.3 Å². The number of carbonyl (C=O) groups excluding carboxylic acids is 2. The molecule has 2 atom stereocenters. The third kappa shape index (κ3) is 1.20. The molecular weight excluding hydrogens is 254 g/mol. The summed E-state index contributed by atoms with van der Waals surface area (Å²) in [6.07, 6.45) is 5.61. The number of ketones is 1. The van der Waals surface area contributed by atoms with E-state index in [1.54, 1.807) is 24.1 Å². The van der Waals surface area contributed by atoms with Crippen molar-refractivity contribution in [2.75, 3.05) is 11.9 Å². The number of fused-ring (bicyclic) bond motifs is 2. The number of para-hydroxylation sites is 1. The lowest BCUT2D eigenvalue weighted by Gasteiger charge is -2.28. The monoisotopic (exact) mass is 269 g/mol. The van der Waals surface area contributed by atoms with E-state index in [-0.39, 0.29) is 11.7 Å². The number of Topliss-reactive ketones (excluding diaryl/α,β-unsaturated/α-hetero) is 1. The smallest absolute Gasteiger partial charge is 0.267 e. The first-order chi connectivity index (χ1) is 9.59. The van der Waals surface area contributed by atoms with Gasteiger partial charge in [0.25, 0.3) is 5.91 Å². The molecule has 1 saturated carbocycles. The van der Waals surface area contributed by atoms with Crippen LogP contribution in [0.15, 0.2) is 36.4 Å². The Kier molecular flexibility index (Phi) is 2.12. The number of hydrogen-bond acceptors (Lipinski definition) is 3. The van der Waals surface area contributed by atoms with Gasteiger partial charge in [0.15, 0.2) is 11.4 Å². The van der Waals surface area contributed by atoms with Crippen LogP contribution in [0.1, 0.15) is 24.8 Å². The Hall–Kier alpha value is -1.94. The van der Waals surface area contributed by atoms with Crippen LogP contribution in [0.2, 0.25) is 0 Å². The zero-order valence-electron chi connectivity index (χ0n) is 11.3. The van der Waals surface area contributed by atoms with E-state index in [0.29, 0.717) is 12.8 Å². The molecule has 1 amide bonds. The Morgan fingerprint density at radius 2 is 2.00 bits per heavy atom. The molecule has 1 aliphatic carbocycles. The van der Waals surface area contributed by atoms with E-state index in [4.69, 9.17) is 4.74 Å². The Bertz CT molecular complexity index is 665. The number of benzene rings is 1. The number of rotatable bonds is 0. The predicted octanol–water partition coefficient (Wildman–Crippen LogP) is 1.94. The van der Waals surface area contributed by atoms with Gasteiger partial charge in [-0.15, -0.1) is 0 Å². The van der Waals surface area contributed by atoms with E-state index in [0.717, 1.165) is 17.7 Å². The second kappa shape index (κ2) is 3.58. The van der Waals surface area contributed by atoms with Gasteiger partial charge in [0.05, 0.1) is 5.69 Å². The number of amides is 1. The van der Waals surface area contributed by atoms with Gasteiger partial charge < -0.3 is 9.64 Å². The van der Waals surface area contributed by atoms with Crippen LogP contribution in [0.5, 0.6) is 0 Å². The van der Waals surface area contributed by atoms with Gasteiger partial charge in [-0.05, 0) is 31.1 Å². The molecule has 0 saturated heterocycles. The molecule has 3 aliphatic rings. The van der Waals surface area contributed by atoms with Crippen LogP contribution in [0.4, 0.5) is 5.69 Å². The molecule has 0 aromatic heterocycles. The number of nitrogens with zero attached hydrogens (tertiary/aromatic N) is 1. The van der Waals surface area contributed by atoms with Crippen LogP contribution in [0.3, 0.4) is 0 Å². The maximum Gasteiger partial charge on any atom is 0.267 e. The summed E-state index contributed by atoms with van der Waals surface area (Å²) in [6, 6.07) is 7.60. The zero-order chi connectivity index (χ0) is 14.0. The van der Waals surface area contributed by atoms with Gasteiger partial charge in [-0.3, -0.25) is 9.59 Å². The summed E-state index contributed by atoms with van der Waals surface area (Å²) in [5, 5.41) is 0. The van der Waals surface area contributed by atoms with Crippen LogP contribution in [0, 0.1) is 0 Å². The van der Waals surface area contributed by atoms with Gasteiger partial charge in [0, 0.05) is 19.0 Å². The lowest BCUT2D eigenvalue weighted by atomic mass is 9.96. The van der Waals surface area contributed by atoms with Crippen LogP contribution in [-0.2, 0) is 19.9 Å². The molecule has 0 unspecified atom stereocenters. The normalized spacial score (nSPS) is 34.8. The molecular formula is C16H15NO3. The fraction of sp³-hybridized carbons (Fsp3) is 0.375. The van der Waals surface area contributed by atoms with E-state index < -0.39 is 11.2 Å². The van der Waals surface area contributed by atoms with Crippen molar-refractivity contribution in [2.45, 2.75) is 30.5 Å². The highest BCUT2D eigenvalue weighted by Crippen LogP contribution is 2.51. The van der Waals surface area contributed by atoms with Crippen molar-refractivity contribution in [3.05, 3.63) is 42.0 Å². The number of likely N-dealkylation sites (N-methyl/N-ethyl adjacent to an activating group) is 1. The molecule has 0 radical (unpaired) electrons. The Balaban J connectivity index is 1.86. The summed E-state index contributed by atoms with van der Waals surface area (Å²) >= 11 is 0. The second-order valence-corrected chi connectivity index (χ2v) is 5.72. The molecule has 2 heterocycles. The van der Waals surface area contributed by atoms with Gasteiger partial charge in [0.2, 0.25) is 0 Å². The molecule has 2 spiro atoms. The minimum atomic E-state index is -1.11. The fourth-order valence-corrected chi connectivity index (χ4v) is 3.57. The summed E-state index contributed by atoms with van der Waals surface area (Å²) in [4.78, 5) is 26.4. The number of ether oxygens (including phenoxy) is 1. The molecule has 102 valence electrons. The largest absolute Gasteiger partial charge is 0.338 e. The molecule has 0 N–H and O–H groups in total. The van der Waals surface area contributed by atoms with E-state index in [1.165, 1.54) is 0 Å². The standard InChI is InChI=1S/C16H15NO3/c1-17-12-6-3-2-5-11(12)16(14(17)19)10-9-15(20-16)8-4-7-13(15)18/h2-3,5-6,9-10H,4,7-8H2,1H3/t15-,16+/m1/s1. The van der Waals surface area contributed by atoms with Gasteiger partial charge >= 0.3 is 0 Å². The van der Waals surface area contributed by atoms with Crippen molar-refractivity contribution in [3.63, 3.8) is 0 Å². The summed E-state index contributed by atoms with van der Waals surface area (Å²) < 4.78 is 6.13. The average Bonchev–Trinajstić information content (AvgIpc) is 3.08. The molecule has 2 aliphatic heterocycles. The minimum Gasteiger partial charge on any atom is -0.338 e. The van der Waals surface area contributed by atoms with Crippen LogP contribution >= 0.6 is 0 Å². The van der Waals surface area contributed by atoms with Gasteiger partial charge in [0.1, 0.15) is 5.60 Å². The lowest BCUT2D eigenvalue weighted by molar-refractivity contribution is -0.156. The molecule has 1 aromatic carbocycles. The maximum absolute atomic E-state index is 12.7. The van der Waals surface area contributed by atoms with Crippen molar-refractivity contribution >= 4 is 17.4 Å². The zero-order valence-corrected chi connectivity index (χ0v) is 11.3. The first-order valence-electron chi connectivity index (χ1n) is 6.91. The fourth-order valence-electron chi connectivity index (χ4n) is 3.57. The number of hydrogen-bond donors (Lipinski definition) is 0. The summed E-state index contributed by atoms with van der Waals surface area (Å²) in [7, 11) is 1.74. The summed E-state index contributed by atoms with van der Waals surface area (Å²) in [6.45, 7) is 0. The molecule has 0 bridgehead atoms. The third-order valence-corrected chi connectivity index (χ3v) is 4.64. The van der Waals surface area contributed by atoms with Crippen molar-refractivity contribution in [3.8, 4) is 0 Å². The second-order valence-electron chi connectivity index (χ2n) is 5.72. The predicted molar refractivity (Wildman–Crippen MR) is 73.3 cm³/mol. The number of anilines is 1. The van der Waals surface area contributed by atoms with Crippen molar-refractivity contribution in [1.29, 1.82) is 0 Å². The van der Waals surface area contributed by atoms with Gasteiger partial charge in [-0.1, -0.05) is 18.2 Å². The molecule has 1 aromatic rings. The Morgan fingerprint density at radius 1 is 1.20 bits per heavy atom. The van der Waals surface area contributed by atoms with E-state index in [9.17, 15) is 9.59 Å². The first kappa shape index (κ1) is 11.9. The van der Waals surface area contributed by atoms with Gasteiger partial charge in [-0.2, -0.15) is 0 Å². The quantitative estimate of drug-likeness (QED) is 0.676. The number of carbonyl (C=O) groups is 2. The highest BCUT2D eigenvalue weighted by atomic mass is 16.5. The molecule has 4 rings (SSSR count). The average molecular weight is 269 g/mol. The highest BCUT2D eigenvalue weighted by molar-refractivity contribution is 6.09. The minimum absolute atomic E-state index is 0.0884. The van der Waals surface area contributed by atoms with Crippen LogP contribution < -0.4 is 4.90 Å². The first-order valence-corrected chi connectivity index (χ1v) is 6.91. The molecule has 4 heteroatoms. The Morgan fingerprint density at radius 3 is 2.75 bits per heavy atom. The van der Waals surface area contributed by atoms with Crippen molar-refractivity contribution < 1.29 is 14.3 Å².